The van der Waals surface area contributed by atoms with Crippen LogP contribution in [0.25, 0.3) is 11.1 Å². The molecule has 0 saturated heterocycles. The summed E-state index contributed by atoms with van der Waals surface area (Å²) in [7, 11) is 0. The molecule has 0 bridgehead atoms. The highest BCUT2D eigenvalue weighted by molar-refractivity contribution is 6.07. The van der Waals surface area contributed by atoms with Crippen LogP contribution in [0.1, 0.15) is 20.7 Å². The Balaban J connectivity index is 2.86. The molecule has 0 aliphatic heterocycles. The summed E-state index contributed by atoms with van der Waals surface area (Å²) in [5.74, 6) is -3.22. The zero-order valence-corrected chi connectivity index (χ0v) is 10.4. The van der Waals surface area contributed by atoms with E-state index in [1.165, 1.54) is 30.6 Å². The van der Waals surface area contributed by atoms with Gasteiger partial charge in [-0.2, -0.15) is 0 Å². The van der Waals surface area contributed by atoms with Crippen molar-refractivity contribution in [3.63, 3.8) is 0 Å². The molecule has 0 fully saturated rings. The fraction of sp³-hybridized carbons (Fsp3) is 0. The van der Waals surface area contributed by atoms with Crippen LogP contribution in [0.3, 0.4) is 0 Å². The fourth-order valence-corrected chi connectivity index (χ4v) is 1.93. The Labute approximate surface area is 117 Å². The first-order valence-corrected chi connectivity index (χ1v) is 5.62. The number of carboxylic acids is 2. The van der Waals surface area contributed by atoms with Crippen molar-refractivity contribution < 1.29 is 24.7 Å². The van der Waals surface area contributed by atoms with Crippen molar-refractivity contribution in [3.8, 4) is 11.1 Å². The minimum Gasteiger partial charge on any atom is -0.478 e. The number of nitrogens with zero attached hydrogens (tertiary/aromatic N) is 2. The van der Waals surface area contributed by atoms with Crippen molar-refractivity contribution in [3.05, 3.63) is 57.9 Å². The van der Waals surface area contributed by atoms with E-state index in [1.807, 2.05) is 0 Å². The lowest BCUT2D eigenvalue weighted by molar-refractivity contribution is -0.384. The summed E-state index contributed by atoms with van der Waals surface area (Å²) in [6, 6.07) is 5.28. The van der Waals surface area contributed by atoms with Gasteiger partial charge in [0.05, 0.1) is 16.1 Å². The number of rotatable bonds is 4. The van der Waals surface area contributed by atoms with Gasteiger partial charge in [0.1, 0.15) is 0 Å². The molecule has 0 saturated carbocycles. The van der Waals surface area contributed by atoms with E-state index in [4.69, 9.17) is 10.2 Å². The van der Waals surface area contributed by atoms with Crippen LogP contribution in [0, 0.1) is 10.1 Å². The third-order valence-corrected chi connectivity index (χ3v) is 2.78. The summed E-state index contributed by atoms with van der Waals surface area (Å²) in [6.07, 6.45) is 2.79. The van der Waals surface area contributed by atoms with E-state index < -0.39 is 33.7 Å². The van der Waals surface area contributed by atoms with Gasteiger partial charge in [-0.05, 0) is 18.2 Å². The quantitative estimate of drug-likeness (QED) is 0.650. The lowest BCUT2D eigenvalue weighted by Crippen LogP contribution is -2.12. The van der Waals surface area contributed by atoms with Crippen LogP contribution in [0.2, 0.25) is 0 Å². The van der Waals surface area contributed by atoms with Crippen molar-refractivity contribution in [2.45, 2.75) is 0 Å². The maximum atomic E-state index is 11.3. The average Bonchev–Trinajstić information content (AvgIpc) is 2.46. The minimum absolute atomic E-state index is 0.00417. The predicted molar refractivity (Wildman–Crippen MR) is 70.2 cm³/mol. The largest absolute Gasteiger partial charge is 0.478 e. The van der Waals surface area contributed by atoms with E-state index in [2.05, 4.69) is 4.98 Å². The number of benzene rings is 1. The Bertz CT molecular complexity index is 742. The Kier molecular flexibility index (Phi) is 3.61. The van der Waals surface area contributed by atoms with Crippen LogP contribution in [0.4, 0.5) is 5.69 Å². The van der Waals surface area contributed by atoms with Gasteiger partial charge in [0.25, 0.3) is 5.69 Å². The maximum absolute atomic E-state index is 11.3. The summed E-state index contributed by atoms with van der Waals surface area (Å²) in [4.78, 5) is 36.4. The molecular formula is C13H8N2O6. The van der Waals surface area contributed by atoms with Crippen LogP contribution in [-0.2, 0) is 0 Å². The second-order valence-electron chi connectivity index (χ2n) is 3.99. The second-order valence-corrected chi connectivity index (χ2v) is 3.99. The molecule has 8 heteroatoms. The molecule has 2 aromatic rings. The topological polar surface area (TPSA) is 131 Å². The Morgan fingerprint density at radius 3 is 2.33 bits per heavy atom. The van der Waals surface area contributed by atoms with Crippen LogP contribution in [-0.4, -0.2) is 32.1 Å². The van der Waals surface area contributed by atoms with Crippen molar-refractivity contribution in [2.24, 2.45) is 0 Å². The molecule has 2 N–H and O–H groups in total. The number of aromatic nitrogens is 1. The van der Waals surface area contributed by atoms with Gasteiger partial charge in [-0.1, -0.05) is 6.07 Å². The first-order chi connectivity index (χ1) is 9.93. The number of hydrogen-bond acceptors (Lipinski definition) is 5. The molecule has 106 valence electrons. The van der Waals surface area contributed by atoms with E-state index >= 15 is 0 Å². The van der Waals surface area contributed by atoms with E-state index in [-0.39, 0.29) is 5.56 Å². The summed E-state index contributed by atoms with van der Waals surface area (Å²) in [6.45, 7) is 0. The number of pyridine rings is 1. The van der Waals surface area contributed by atoms with Crippen molar-refractivity contribution in [1.29, 1.82) is 0 Å². The summed E-state index contributed by atoms with van der Waals surface area (Å²) >= 11 is 0. The average molecular weight is 288 g/mol. The Hall–Kier alpha value is -3.29. The van der Waals surface area contributed by atoms with Crippen molar-refractivity contribution >= 4 is 17.6 Å². The molecule has 1 heterocycles. The van der Waals surface area contributed by atoms with Crippen LogP contribution >= 0.6 is 0 Å². The predicted octanol–water partition coefficient (Wildman–Crippen LogP) is 2.05. The normalized spacial score (nSPS) is 10.1. The molecule has 2 rings (SSSR count). The number of nitro groups is 1. The minimum atomic E-state index is -1.68. The highest BCUT2D eigenvalue weighted by atomic mass is 16.6. The summed E-state index contributed by atoms with van der Waals surface area (Å²) < 4.78 is 0. The van der Waals surface area contributed by atoms with Crippen LogP contribution in [0.15, 0.2) is 36.7 Å². The van der Waals surface area contributed by atoms with Crippen molar-refractivity contribution in [1.82, 2.24) is 4.98 Å². The zero-order chi connectivity index (χ0) is 15.6. The Morgan fingerprint density at radius 2 is 1.86 bits per heavy atom. The number of aromatic carboxylic acids is 2. The first-order valence-electron chi connectivity index (χ1n) is 5.62. The van der Waals surface area contributed by atoms with E-state index in [1.54, 1.807) is 0 Å². The molecule has 0 amide bonds. The van der Waals surface area contributed by atoms with Gasteiger partial charge in [0, 0.05) is 18.0 Å². The molecular weight excluding hydrogens is 280 g/mol. The monoisotopic (exact) mass is 288 g/mol. The second kappa shape index (κ2) is 5.37. The number of carbonyl (C=O) groups is 2. The fourth-order valence-electron chi connectivity index (χ4n) is 1.93. The third kappa shape index (κ3) is 2.54. The smallest absolute Gasteiger partial charge is 0.343 e. The SMILES string of the molecule is O=C(O)c1ccc(-c2cccnc2)c([N+](=O)[O-])c1C(=O)O. The molecule has 0 radical (unpaired) electrons. The van der Waals surface area contributed by atoms with Gasteiger partial charge in [-0.25, -0.2) is 9.59 Å². The lowest BCUT2D eigenvalue weighted by Gasteiger charge is -2.08. The van der Waals surface area contributed by atoms with Gasteiger partial charge in [0.2, 0.25) is 0 Å². The molecule has 0 spiro atoms. The van der Waals surface area contributed by atoms with Gasteiger partial charge in [-0.3, -0.25) is 15.1 Å². The number of hydrogen-bond donors (Lipinski definition) is 2. The highest BCUT2D eigenvalue weighted by Crippen LogP contribution is 2.34. The lowest BCUT2D eigenvalue weighted by atomic mass is 9.97. The maximum Gasteiger partial charge on any atom is 0.343 e. The zero-order valence-electron chi connectivity index (χ0n) is 10.4. The molecule has 0 aliphatic carbocycles. The number of nitro benzene ring substituents is 1. The molecule has 0 aliphatic rings. The van der Waals surface area contributed by atoms with E-state index in [0.29, 0.717) is 5.56 Å². The standard InChI is InChI=1S/C13H8N2O6/c16-12(17)9-4-3-8(7-2-1-5-14-6-7)11(15(20)21)10(9)13(18)19/h1-6H,(H,16,17)(H,18,19). The van der Waals surface area contributed by atoms with Gasteiger partial charge < -0.3 is 10.2 Å². The Morgan fingerprint density at radius 1 is 1.14 bits per heavy atom. The number of carboxylic acid groups (broad SMARTS) is 2. The van der Waals surface area contributed by atoms with Gasteiger partial charge in [0.15, 0.2) is 5.56 Å². The molecule has 1 aromatic carbocycles. The molecule has 8 nitrogen and oxygen atoms in total. The van der Waals surface area contributed by atoms with Gasteiger partial charge >= 0.3 is 11.9 Å². The van der Waals surface area contributed by atoms with Crippen LogP contribution in [0.5, 0.6) is 0 Å². The molecule has 1 aromatic heterocycles. The van der Waals surface area contributed by atoms with Crippen LogP contribution < -0.4 is 0 Å². The van der Waals surface area contributed by atoms with E-state index in [0.717, 1.165) is 6.07 Å². The van der Waals surface area contributed by atoms with E-state index in [9.17, 15) is 19.7 Å². The molecule has 21 heavy (non-hydrogen) atoms. The van der Waals surface area contributed by atoms with Gasteiger partial charge in [-0.15, -0.1) is 0 Å². The third-order valence-electron chi connectivity index (χ3n) is 2.78. The summed E-state index contributed by atoms with van der Waals surface area (Å²) in [5, 5.41) is 29.3. The molecule has 0 atom stereocenters. The highest BCUT2D eigenvalue weighted by Gasteiger charge is 2.31. The first kappa shape index (κ1) is 14.1. The van der Waals surface area contributed by atoms with Crippen molar-refractivity contribution in [2.75, 3.05) is 0 Å². The molecule has 0 unspecified atom stereocenters. The summed E-state index contributed by atoms with van der Waals surface area (Å²) in [5.41, 5.74) is -1.94.